The molecule has 1 aliphatic carbocycles. The van der Waals surface area contributed by atoms with Crippen molar-refractivity contribution in [2.75, 3.05) is 23.7 Å². The zero-order valence-corrected chi connectivity index (χ0v) is 25.8. The highest BCUT2D eigenvalue weighted by Gasteiger charge is 2.39. The topological polar surface area (TPSA) is 142 Å². The van der Waals surface area contributed by atoms with E-state index in [1.54, 1.807) is 12.1 Å². The van der Waals surface area contributed by atoms with Crippen LogP contribution in [0.4, 0.5) is 21.7 Å². The van der Waals surface area contributed by atoms with Crippen LogP contribution in [0.15, 0.2) is 36.7 Å². The lowest BCUT2D eigenvalue weighted by molar-refractivity contribution is -0.156. The quantitative estimate of drug-likeness (QED) is 0.274. The monoisotopic (exact) mass is 625 g/mol. The van der Waals surface area contributed by atoms with Crippen molar-refractivity contribution in [3.8, 4) is 11.3 Å². The molecule has 1 aliphatic heterocycles. The molecule has 1 amide bonds. The van der Waals surface area contributed by atoms with E-state index in [2.05, 4.69) is 35.7 Å². The summed E-state index contributed by atoms with van der Waals surface area (Å²) in [7, 11) is 0. The van der Waals surface area contributed by atoms with E-state index >= 15 is 0 Å². The molecule has 2 aromatic heterocycles. The second-order valence-electron chi connectivity index (χ2n) is 12.4. The Morgan fingerprint density at radius 2 is 1.82 bits per heavy atom. The van der Waals surface area contributed by atoms with Gasteiger partial charge in [-0.2, -0.15) is 5.10 Å². The van der Waals surface area contributed by atoms with Gasteiger partial charge >= 0.3 is 5.97 Å². The third-order valence-corrected chi connectivity index (χ3v) is 8.17. The van der Waals surface area contributed by atoms with E-state index in [-0.39, 0.29) is 34.7 Å². The standard InChI is InChI=1S/C31H37ClFN7O4/c1-31(2,3)44-29(42)10-18-6-8-40(9-7-18)21-11-19(12-21)30(43)37-28-15-27(34-17-35-28)36-25-14-24(38-39-26(25)16-41)22-13-20(32)4-5-23(22)33/h4-5,13-15,17-19,21,41H,6-12,16H2,1-3H3,(H2,34,35,36,37,38,43). The first kappa shape index (κ1) is 31.7. The molecule has 1 aromatic carbocycles. The second kappa shape index (κ2) is 13.5. The van der Waals surface area contributed by atoms with Crippen LogP contribution in [0, 0.1) is 17.7 Å². The number of nitrogens with zero attached hydrogens (tertiary/aromatic N) is 5. The van der Waals surface area contributed by atoms with Crippen LogP contribution in [0.2, 0.25) is 5.02 Å². The van der Waals surface area contributed by atoms with Crippen LogP contribution < -0.4 is 10.6 Å². The van der Waals surface area contributed by atoms with Crippen molar-refractivity contribution >= 4 is 40.8 Å². The number of piperidine rings is 1. The summed E-state index contributed by atoms with van der Waals surface area (Å²) < 4.78 is 19.9. The van der Waals surface area contributed by atoms with Crippen molar-refractivity contribution in [3.63, 3.8) is 0 Å². The SMILES string of the molecule is CC(C)(C)OC(=O)CC1CCN(C2CC(C(=O)Nc3cc(Nc4cc(-c5cc(Cl)ccc5F)nnc4CO)ncn3)C2)CC1. The first-order chi connectivity index (χ1) is 21.0. The lowest BCUT2D eigenvalue weighted by Gasteiger charge is -2.45. The van der Waals surface area contributed by atoms with Crippen LogP contribution in [0.1, 0.15) is 58.6 Å². The number of nitrogens with one attached hydrogen (secondary N) is 2. The van der Waals surface area contributed by atoms with Crippen molar-refractivity contribution in [2.24, 2.45) is 11.8 Å². The number of hydrogen-bond donors (Lipinski definition) is 3. The maximum atomic E-state index is 14.4. The summed E-state index contributed by atoms with van der Waals surface area (Å²) in [6.45, 7) is 7.07. The molecule has 3 N–H and O–H groups in total. The van der Waals surface area contributed by atoms with E-state index in [0.29, 0.717) is 40.7 Å². The minimum Gasteiger partial charge on any atom is -0.460 e. The van der Waals surface area contributed by atoms with E-state index in [0.717, 1.165) is 38.8 Å². The first-order valence-corrected chi connectivity index (χ1v) is 15.1. The molecule has 44 heavy (non-hydrogen) atoms. The lowest BCUT2D eigenvalue weighted by Crippen LogP contribution is -2.51. The van der Waals surface area contributed by atoms with Crippen molar-refractivity contribution in [3.05, 3.63) is 53.2 Å². The summed E-state index contributed by atoms with van der Waals surface area (Å²) in [5.74, 6) is 0.130. The summed E-state index contributed by atoms with van der Waals surface area (Å²) in [5, 5.41) is 24.1. The van der Waals surface area contributed by atoms with Crippen LogP contribution >= 0.6 is 11.6 Å². The van der Waals surface area contributed by atoms with Crippen molar-refractivity contribution < 1.29 is 23.8 Å². The molecule has 3 aromatic rings. The van der Waals surface area contributed by atoms with E-state index < -0.39 is 18.0 Å². The number of esters is 1. The number of hydrogen-bond acceptors (Lipinski definition) is 10. The Hall–Kier alpha value is -3.74. The number of carbonyl (C=O) groups is 2. The molecule has 234 valence electrons. The molecule has 11 nitrogen and oxygen atoms in total. The largest absolute Gasteiger partial charge is 0.460 e. The smallest absolute Gasteiger partial charge is 0.306 e. The molecule has 2 aliphatic rings. The normalized spacial score (nSPS) is 19.2. The van der Waals surface area contributed by atoms with Crippen LogP contribution in [-0.4, -0.2) is 66.8 Å². The van der Waals surface area contributed by atoms with Gasteiger partial charge < -0.3 is 25.4 Å². The highest BCUT2D eigenvalue weighted by Crippen LogP contribution is 2.36. The van der Waals surface area contributed by atoms with Crippen molar-refractivity contribution in [2.45, 2.75) is 71.1 Å². The number of ether oxygens (including phenoxy) is 1. The Bertz CT molecular complexity index is 1500. The van der Waals surface area contributed by atoms with E-state index in [4.69, 9.17) is 16.3 Å². The van der Waals surface area contributed by atoms with Crippen LogP contribution in [0.5, 0.6) is 0 Å². The third kappa shape index (κ3) is 8.04. The third-order valence-electron chi connectivity index (χ3n) is 7.93. The highest BCUT2D eigenvalue weighted by atomic mass is 35.5. The molecule has 0 bridgehead atoms. The van der Waals surface area contributed by atoms with E-state index in [1.807, 2.05) is 20.8 Å². The van der Waals surface area contributed by atoms with Gasteiger partial charge in [0.15, 0.2) is 0 Å². The summed E-state index contributed by atoms with van der Waals surface area (Å²) >= 11 is 6.04. The molecular formula is C31H37ClFN7O4. The summed E-state index contributed by atoms with van der Waals surface area (Å²) in [5.41, 5.74) is 0.517. The Morgan fingerprint density at radius 1 is 1.09 bits per heavy atom. The number of aromatic nitrogens is 4. The molecule has 5 rings (SSSR count). The Morgan fingerprint density at radius 3 is 2.52 bits per heavy atom. The number of amides is 1. The molecule has 0 spiro atoms. The fraction of sp³-hybridized carbons (Fsp3) is 0.484. The molecule has 1 saturated heterocycles. The highest BCUT2D eigenvalue weighted by molar-refractivity contribution is 6.30. The van der Waals surface area contributed by atoms with Gasteiger partial charge in [0.1, 0.15) is 35.1 Å². The van der Waals surface area contributed by atoms with Gasteiger partial charge in [-0.05, 0) is 89.7 Å². The molecule has 1 saturated carbocycles. The molecule has 13 heteroatoms. The van der Waals surface area contributed by atoms with E-state index in [9.17, 15) is 19.1 Å². The predicted octanol–water partition coefficient (Wildman–Crippen LogP) is 5.12. The zero-order valence-electron chi connectivity index (χ0n) is 25.0. The number of rotatable bonds is 9. The fourth-order valence-electron chi connectivity index (χ4n) is 5.57. The lowest BCUT2D eigenvalue weighted by atomic mass is 9.77. The van der Waals surface area contributed by atoms with Crippen molar-refractivity contribution in [1.82, 2.24) is 25.1 Å². The van der Waals surface area contributed by atoms with Gasteiger partial charge in [-0.3, -0.25) is 9.59 Å². The van der Waals surface area contributed by atoms with Gasteiger partial charge in [0.05, 0.1) is 18.0 Å². The molecule has 0 radical (unpaired) electrons. The number of carbonyl (C=O) groups excluding carboxylic acids is 2. The van der Waals surface area contributed by atoms with Gasteiger partial charge in [0, 0.05) is 35.0 Å². The summed E-state index contributed by atoms with van der Waals surface area (Å²) in [6.07, 6.45) is 5.20. The number of aliphatic hydroxyl groups is 1. The molecule has 3 heterocycles. The number of likely N-dealkylation sites (tertiary alicyclic amines) is 1. The van der Waals surface area contributed by atoms with Crippen LogP contribution in [-0.2, 0) is 20.9 Å². The number of halogens is 2. The maximum absolute atomic E-state index is 14.4. The average Bonchev–Trinajstić information content (AvgIpc) is 2.93. The van der Waals surface area contributed by atoms with Gasteiger partial charge in [-0.1, -0.05) is 11.6 Å². The Kier molecular flexibility index (Phi) is 9.72. The number of benzene rings is 1. The Balaban J connectivity index is 1.13. The molecular weight excluding hydrogens is 589 g/mol. The summed E-state index contributed by atoms with van der Waals surface area (Å²) in [6, 6.07) is 7.60. The Labute approximate surface area is 260 Å². The van der Waals surface area contributed by atoms with Gasteiger partial charge in [0.25, 0.3) is 0 Å². The summed E-state index contributed by atoms with van der Waals surface area (Å²) in [4.78, 5) is 36.0. The van der Waals surface area contributed by atoms with E-state index in [1.165, 1.54) is 24.5 Å². The molecule has 0 atom stereocenters. The van der Waals surface area contributed by atoms with Gasteiger partial charge in [-0.25, -0.2) is 14.4 Å². The molecule has 0 unspecified atom stereocenters. The maximum Gasteiger partial charge on any atom is 0.306 e. The van der Waals surface area contributed by atoms with Gasteiger partial charge in [0.2, 0.25) is 5.91 Å². The number of anilines is 3. The average molecular weight is 626 g/mol. The first-order valence-electron chi connectivity index (χ1n) is 14.8. The molecule has 2 fully saturated rings. The van der Waals surface area contributed by atoms with Crippen LogP contribution in [0.3, 0.4) is 0 Å². The predicted molar refractivity (Wildman–Crippen MR) is 164 cm³/mol. The number of aliphatic hydroxyl groups excluding tert-OH is 1. The van der Waals surface area contributed by atoms with Crippen molar-refractivity contribution in [1.29, 1.82) is 0 Å². The minimum atomic E-state index is -0.514. The van der Waals surface area contributed by atoms with Gasteiger partial charge in [-0.15, -0.1) is 5.10 Å². The van der Waals surface area contributed by atoms with Crippen LogP contribution in [0.25, 0.3) is 11.3 Å². The second-order valence-corrected chi connectivity index (χ2v) is 12.8. The zero-order chi connectivity index (χ0) is 31.4. The fourth-order valence-corrected chi connectivity index (χ4v) is 5.74. The minimum absolute atomic E-state index is 0.106.